The third kappa shape index (κ3) is 3.61. The van der Waals surface area contributed by atoms with Gasteiger partial charge < -0.3 is 4.90 Å². The van der Waals surface area contributed by atoms with Gasteiger partial charge in [0.1, 0.15) is 17.2 Å². The van der Waals surface area contributed by atoms with Crippen LogP contribution < -0.4 is 5.56 Å². The second-order valence-electron chi connectivity index (χ2n) is 6.40. The quantitative estimate of drug-likeness (QED) is 0.497. The number of fused-ring (bicyclic) bond motifs is 1. The minimum absolute atomic E-state index is 0.0822. The van der Waals surface area contributed by atoms with Gasteiger partial charge in [0.15, 0.2) is 0 Å². The number of carbonyl (C=O) groups excluding carboxylic acids is 1. The molecule has 5 nitrogen and oxygen atoms in total. The number of likely N-dealkylation sites (N-methyl/N-ethyl adjacent to an activating group) is 1. The topological polar surface area (TPSA) is 55.2 Å². The molecule has 0 bridgehead atoms. The lowest BCUT2D eigenvalue weighted by Crippen LogP contribution is -2.33. The fourth-order valence-electron chi connectivity index (χ4n) is 2.93. The van der Waals surface area contributed by atoms with Crippen molar-refractivity contribution in [3.63, 3.8) is 0 Å². The number of aromatic nitrogens is 2. The minimum Gasteiger partial charge on any atom is -0.340 e. The number of carbonyl (C=O) groups is 1. The first-order valence-electron chi connectivity index (χ1n) is 8.50. The van der Waals surface area contributed by atoms with E-state index in [4.69, 9.17) is 0 Å². The van der Waals surface area contributed by atoms with E-state index < -0.39 is 0 Å². The third-order valence-corrected chi connectivity index (χ3v) is 6.07. The van der Waals surface area contributed by atoms with E-state index in [9.17, 15) is 14.0 Å². The largest absolute Gasteiger partial charge is 0.340 e. The summed E-state index contributed by atoms with van der Waals surface area (Å²) in [4.78, 5) is 32.1. The van der Waals surface area contributed by atoms with Gasteiger partial charge in [0, 0.05) is 24.5 Å². The third-order valence-electron chi connectivity index (χ3n) is 4.45. The van der Waals surface area contributed by atoms with Crippen LogP contribution in [0.5, 0.6) is 0 Å². The van der Waals surface area contributed by atoms with E-state index in [-0.39, 0.29) is 23.8 Å². The smallest absolute Gasteiger partial charge is 0.263 e. The van der Waals surface area contributed by atoms with E-state index in [1.807, 2.05) is 22.2 Å². The lowest BCUT2D eigenvalue weighted by Gasteiger charge is -2.17. The molecular formula is C20H16FN3O2S2. The fourth-order valence-corrected chi connectivity index (χ4v) is 4.50. The summed E-state index contributed by atoms with van der Waals surface area (Å²) in [5.41, 5.74) is 2.22. The van der Waals surface area contributed by atoms with Crippen molar-refractivity contribution in [3.8, 4) is 11.1 Å². The molecule has 0 N–H and O–H groups in total. The Morgan fingerprint density at radius 1 is 1.21 bits per heavy atom. The van der Waals surface area contributed by atoms with Gasteiger partial charge in [0.25, 0.3) is 5.56 Å². The number of nitrogens with zero attached hydrogens (tertiary/aromatic N) is 3. The van der Waals surface area contributed by atoms with Crippen LogP contribution in [-0.2, 0) is 17.9 Å². The number of halogens is 1. The molecule has 1 amide bonds. The Hall–Kier alpha value is -2.84. The van der Waals surface area contributed by atoms with Crippen molar-refractivity contribution in [2.24, 2.45) is 0 Å². The van der Waals surface area contributed by atoms with E-state index in [0.29, 0.717) is 22.3 Å². The molecule has 3 aromatic heterocycles. The second-order valence-corrected chi connectivity index (χ2v) is 8.03. The Kier molecular flexibility index (Phi) is 5.06. The van der Waals surface area contributed by atoms with E-state index >= 15 is 0 Å². The van der Waals surface area contributed by atoms with Crippen molar-refractivity contribution in [1.82, 2.24) is 14.5 Å². The molecule has 0 unspecified atom stereocenters. The zero-order valence-corrected chi connectivity index (χ0v) is 16.6. The first kappa shape index (κ1) is 18.5. The van der Waals surface area contributed by atoms with Crippen LogP contribution in [0.4, 0.5) is 4.39 Å². The number of amides is 1. The molecule has 28 heavy (non-hydrogen) atoms. The summed E-state index contributed by atoms with van der Waals surface area (Å²) in [5, 5.41) is 6.24. The molecule has 3 heterocycles. The van der Waals surface area contributed by atoms with Crippen molar-refractivity contribution in [2.75, 3.05) is 7.05 Å². The monoisotopic (exact) mass is 413 g/mol. The summed E-state index contributed by atoms with van der Waals surface area (Å²) in [6.45, 7) is 0.410. The highest BCUT2D eigenvalue weighted by Gasteiger charge is 2.16. The maximum atomic E-state index is 13.2. The SMILES string of the molecule is CN(Cc1ccsc1)C(=O)Cn1cnc2scc(-c3ccc(F)cc3)c2c1=O. The summed E-state index contributed by atoms with van der Waals surface area (Å²) in [6.07, 6.45) is 1.41. The summed E-state index contributed by atoms with van der Waals surface area (Å²) in [5.74, 6) is -0.508. The summed E-state index contributed by atoms with van der Waals surface area (Å²) in [6, 6.07) is 7.95. The first-order chi connectivity index (χ1) is 13.5. The first-order valence-corrected chi connectivity index (χ1v) is 10.3. The second kappa shape index (κ2) is 7.65. The molecule has 0 radical (unpaired) electrons. The van der Waals surface area contributed by atoms with E-state index in [2.05, 4.69) is 4.98 Å². The van der Waals surface area contributed by atoms with E-state index in [1.54, 1.807) is 35.4 Å². The average molecular weight is 413 g/mol. The van der Waals surface area contributed by atoms with E-state index in [0.717, 1.165) is 11.1 Å². The van der Waals surface area contributed by atoms with Gasteiger partial charge in [-0.2, -0.15) is 11.3 Å². The van der Waals surface area contributed by atoms with Crippen LogP contribution in [0.15, 0.2) is 57.6 Å². The number of hydrogen-bond donors (Lipinski definition) is 0. The fraction of sp³-hybridized carbons (Fsp3) is 0.150. The van der Waals surface area contributed by atoms with Gasteiger partial charge in [0.05, 0.1) is 11.7 Å². The molecular weight excluding hydrogens is 397 g/mol. The molecule has 0 fully saturated rings. The summed E-state index contributed by atoms with van der Waals surface area (Å²) < 4.78 is 14.6. The number of benzene rings is 1. The summed E-state index contributed by atoms with van der Waals surface area (Å²) >= 11 is 2.93. The Balaban J connectivity index is 1.64. The number of rotatable bonds is 5. The van der Waals surface area contributed by atoms with Gasteiger partial charge in [0.2, 0.25) is 5.91 Å². The van der Waals surface area contributed by atoms with Crippen molar-refractivity contribution in [3.05, 3.63) is 74.5 Å². The Bertz CT molecular complexity index is 1180. The van der Waals surface area contributed by atoms with Gasteiger partial charge in [-0.15, -0.1) is 11.3 Å². The van der Waals surface area contributed by atoms with Gasteiger partial charge in [-0.05, 0) is 40.1 Å². The molecule has 0 aliphatic carbocycles. The van der Waals surface area contributed by atoms with Gasteiger partial charge in [-0.1, -0.05) is 12.1 Å². The zero-order chi connectivity index (χ0) is 19.7. The van der Waals surface area contributed by atoms with Crippen LogP contribution in [0, 0.1) is 5.82 Å². The van der Waals surface area contributed by atoms with Gasteiger partial charge >= 0.3 is 0 Å². The lowest BCUT2D eigenvalue weighted by molar-refractivity contribution is -0.131. The Morgan fingerprint density at radius 2 is 2.00 bits per heavy atom. The molecule has 0 aliphatic rings. The molecule has 0 atom stereocenters. The predicted molar refractivity (Wildman–Crippen MR) is 110 cm³/mol. The van der Waals surface area contributed by atoms with Gasteiger partial charge in [-0.3, -0.25) is 14.2 Å². The molecule has 0 aliphatic heterocycles. The maximum Gasteiger partial charge on any atom is 0.263 e. The van der Waals surface area contributed by atoms with Gasteiger partial charge in [-0.25, -0.2) is 9.37 Å². The van der Waals surface area contributed by atoms with Crippen molar-refractivity contribution < 1.29 is 9.18 Å². The normalized spacial score (nSPS) is 11.1. The molecule has 0 saturated heterocycles. The van der Waals surface area contributed by atoms with Crippen molar-refractivity contribution in [2.45, 2.75) is 13.1 Å². The minimum atomic E-state index is -0.335. The predicted octanol–water partition coefficient (Wildman–Crippen LogP) is 3.98. The summed E-state index contributed by atoms with van der Waals surface area (Å²) in [7, 11) is 1.71. The molecule has 4 rings (SSSR count). The Labute approximate surface area is 168 Å². The van der Waals surface area contributed by atoms with Crippen LogP contribution in [0.25, 0.3) is 21.3 Å². The standard InChI is InChI=1S/C20H16FN3O2S2/c1-23(8-13-6-7-27-10-13)17(25)9-24-12-22-19-18(20(24)26)16(11-28-19)14-2-4-15(21)5-3-14/h2-7,10-12H,8-9H2,1H3. The highest BCUT2D eigenvalue weighted by Crippen LogP contribution is 2.30. The Morgan fingerprint density at radius 3 is 2.71 bits per heavy atom. The zero-order valence-electron chi connectivity index (χ0n) is 15.0. The molecule has 1 aromatic carbocycles. The average Bonchev–Trinajstić information content (AvgIpc) is 3.34. The molecule has 4 aromatic rings. The highest BCUT2D eigenvalue weighted by molar-refractivity contribution is 7.17. The highest BCUT2D eigenvalue weighted by atomic mass is 32.1. The van der Waals surface area contributed by atoms with Crippen LogP contribution >= 0.6 is 22.7 Å². The van der Waals surface area contributed by atoms with Crippen molar-refractivity contribution >= 4 is 38.8 Å². The maximum absolute atomic E-state index is 13.2. The van der Waals surface area contributed by atoms with Crippen LogP contribution in [-0.4, -0.2) is 27.4 Å². The van der Waals surface area contributed by atoms with Crippen LogP contribution in [0.2, 0.25) is 0 Å². The molecule has 142 valence electrons. The molecule has 8 heteroatoms. The number of hydrogen-bond acceptors (Lipinski definition) is 5. The number of thiophene rings is 2. The van der Waals surface area contributed by atoms with Crippen LogP contribution in [0.3, 0.4) is 0 Å². The molecule has 0 spiro atoms. The lowest BCUT2D eigenvalue weighted by atomic mass is 10.1. The molecule has 0 saturated carbocycles. The van der Waals surface area contributed by atoms with Crippen molar-refractivity contribution in [1.29, 1.82) is 0 Å². The van der Waals surface area contributed by atoms with E-state index in [1.165, 1.54) is 34.4 Å². The van der Waals surface area contributed by atoms with Crippen LogP contribution in [0.1, 0.15) is 5.56 Å².